The SMILES string of the molecule is CCCCCCCCCCCCCCC=COCC(CO[Si](C)(C)C(C)(C)C)O[Si](C)(C)C(C)(C)C. The molecule has 0 spiro atoms. The second-order valence-electron chi connectivity index (χ2n) is 14.0. The zero-order valence-electron chi connectivity index (χ0n) is 26.6. The maximum absolute atomic E-state index is 6.71. The monoisotopic (exact) mass is 542 g/mol. The van der Waals surface area contributed by atoms with Gasteiger partial charge in [0, 0.05) is 0 Å². The molecule has 0 bridgehead atoms. The Kier molecular flexibility index (Phi) is 18.2. The molecule has 0 aliphatic carbocycles. The molecule has 0 N–H and O–H groups in total. The second-order valence-corrected chi connectivity index (χ2v) is 23.5. The molecular formula is C31H66O3Si2. The topological polar surface area (TPSA) is 27.7 Å². The van der Waals surface area contributed by atoms with Gasteiger partial charge in [0.05, 0.1) is 12.9 Å². The molecule has 0 fully saturated rings. The van der Waals surface area contributed by atoms with Crippen LogP contribution in [-0.2, 0) is 13.6 Å². The summed E-state index contributed by atoms with van der Waals surface area (Å²) in [6, 6.07) is 0. The molecule has 0 rings (SSSR count). The van der Waals surface area contributed by atoms with Crippen LogP contribution in [0, 0.1) is 0 Å². The zero-order chi connectivity index (χ0) is 27.7. The van der Waals surface area contributed by atoms with E-state index in [0.29, 0.717) is 13.2 Å². The lowest BCUT2D eigenvalue weighted by Crippen LogP contribution is -2.49. The molecule has 0 saturated carbocycles. The molecule has 0 aromatic heterocycles. The van der Waals surface area contributed by atoms with Crippen LogP contribution in [0.4, 0.5) is 0 Å². The fraction of sp³-hybridized carbons (Fsp3) is 0.935. The fourth-order valence-corrected chi connectivity index (χ4v) is 5.99. The summed E-state index contributed by atoms with van der Waals surface area (Å²) < 4.78 is 19.2. The van der Waals surface area contributed by atoms with Crippen LogP contribution in [0.15, 0.2) is 12.3 Å². The first kappa shape index (κ1) is 35.9. The largest absolute Gasteiger partial charge is 0.499 e. The van der Waals surface area contributed by atoms with E-state index in [-0.39, 0.29) is 16.2 Å². The Morgan fingerprint density at radius 2 is 1.06 bits per heavy atom. The Morgan fingerprint density at radius 1 is 0.611 bits per heavy atom. The van der Waals surface area contributed by atoms with E-state index in [1.54, 1.807) is 0 Å². The second kappa shape index (κ2) is 18.2. The first-order chi connectivity index (χ1) is 16.6. The molecule has 0 aliphatic heterocycles. The smallest absolute Gasteiger partial charge is 0.192 e. The number of hydrogen-bond donors (Lipinski definition) is 0. The van der Waals surface area contributed by atoms with E-state index in [1.165, 1.54) is 77.0 Å². The minimum atomic E-state index is -1.89. The average Bonchev–Trinajstić information content (AvgIpc) is 2.75. The van der Waals surface area contributed by atoms with Gasteiger partial charge in [-0.3, -0.25) is 0 Å². The molecule has 0 aliphatic rings. The lowest BCUT2D eigenvalue weighted by molar-refractivity contribution is 0.0495. The molecule has 5 heteroatoms. The van der Waals surface area contributed by atoms with Gasteiger partial charge in [-0.1, -0.05) is 119 Å². The summed E-state index contributed by atoms with van der Waals surface area (Å²) in [5, 5.41) is 0.371. The summed E-state index contributed by atoms with van der Waals surface area (Å²) in [5.41, 5.74) is 0. The quantitative estimate of drug-likeness (QED) is 0.0819. The van der Waals surface area contributed by atoms with Crippen LogP contribution in [0.25, 0.3) is 0 Å². The fourth-order valence-electron chi connectivity index (χ4n) is 3.63. The van der Waals surface area contributed by atoms with E-state index < -0.39 is 16.6 Å². The minimum absolute atomic E-state index is 0.0173. The van der Waals surface area contributed by atoms with Crippen LogP contribution >= 0.6 is 0 Å². The molecule has 36 heavy (non-hydrogen) atoms. The van der Waals surface area contributed by atoms with Gasteiger partial charge < -0.3 is 13.6 Å². The van der Waals surface area contributed by atoms with Crippen LogP contribution in [0.3, 0.4) is 0 Å². The Balaban J connectivity index is 4.25. The number of hydrogen-bond acceptors (Lipinski definition) is 3. The van der Waals surface area contributed by atoms with Gasteiger partial charge in [0.1, 0.15) is 12.7 Å². The van der Waals surface area contributed by atoms with Gasteiger partial charge in [-0.15, -0.1) is 0 Å². The third-order valence-electron chi connectivity index (χ3n) is 8.40. The summed E-state index contributed by atoms with van der Waals surface area (Å²) in [7, 11) is -3.71. The molecule has 3 nitrogen and oxygen atoms in total. The zero-order valence-corrected chi connectivity index (χ0v) is 28.6. The Bertz CT molecular complexity index is 559. The van der Waals surface area contributed by atoms with Gasteiger partial charge in [0.15, 0.2) is 16.6 Å². The highest BCUT2D eigenvalue weighted by molar-refractivity contribution is 6.74. The van der Waals surface area contributed by atoms with E-state index >= 15 is 0 Å². The van der Waals surface area contributed by atoms with Crippen molar-refractivity contribution in [2.75, 3.05) is 13.2 Å². The van der Waals surface area contributed by atoms with Gasteiger partial charge in [-0.05, 0) is 55.2 Å². The molecule has 1 unspecified atom stereocenters. The van der Waals surface area contributed by atoms with Crippen molar-refractivity contribution in [2.24, 2.45) is 0 Å². The molecule has 0 saturated heterocycles. The van der Waals surface area contributed by atoms with E-state index in [1.807, 2.05) is 6.26 Å². The summed E-state index contributed by atoms with van der Waals surface area (Å²) in [5.74, 6) is 0. The average molecular weight is 543 g/mol. The van der Waals surface area contributed by atoms with Crippen molar-refractivity contribution in [1.29, 1.82) is 0 Å². The van der Waals surface area contributed by atoms with E-state index in [4.69, 9.17) is 13.6 Å². The van der Waals surface area contributed by atoms with Crippen molar-refractivity contribution >= 4 is 16.6 Å². The normalized spacial score (nSPS) is 14.5. The molecule has 0 heterocycles. The van der Waals surface area contributed by atoms with Crippen LogP contribution in [0.2, 0.25) is 36.3 Å². The van der Waals surface area contributed by atoms with Gasteiger partial charge in [0.2, 0.25) is 0 Å². The van der Waals surface area contributed by atoms with Crippen molar-refractivity contribution in [3.8, 4) is 0 Å². The van der Waals surface area contributed by atoms with Crippen molar-refractivity contribution in [3.05, 3.63) is 12.3 Å². The maximum Gasteiger partial charge on any atom is 0.192 e. The summed E-state index contributed by atoms with van der Waals surface area (Å²) in [6.45, 7) is 26.5. The summed E-state index contributed by atoms with van der Waals surface area (Å²) >= 11 is 0. The standard InChI is InChI=1S/C31H66O3Si2/c1-12-13-14-15-16-17-18-19-20-21-22-23-24-25-26-32-27-29(34-36(10,11)31(5,6)7)28-33-35(8,9)30(2,3)4/h25-26,29H,12-24,27-28H2,1-11H3. The number of rotatable bonds is 21. The van der Waals surface area contributed by atoms with Crippen molar-refractivity contribution < 1.29 is 13.6 Å². The predicted octanol–water partition coefficient (Wildman–Crippen LogP) is 11.0. The van der Waals surface area contributed by atoms with E-state index in [0.717, 1.165) is 6.42 Å². The van der Waals surface area contributed by atoms with Crippen LogP contribution < -0.4 is 0 Å². The van der Waals surface area contributed by atoms with Gasteiger partial charge in [-0.2, -0.15) is 0 Å². The third-order valence-corrected chi connectivity index (χ3v) is 17.4. The van der Waals surface area contributed by atoms with Gasteiger partial charge >= 0.3 is 0 Å². The minimum Gasteiger partial charge on any atom is -0.499 e. The van der Waals surface area contributed by atoms with Gasteiger partial charge in [0.25, 0.3) is 0 Å². The predicted molar refractivity (Wildman–Crippen MR) is 166 cm³/mol. The molecule has 0 aromatic carbocycles. The summed E-state index contributed by atoms with van der Waals surface area (Å²) in [6.07, 6.45) is 21.9. The van der Waals surface area contributed by atoms with Crippen LogP contribution in [0.5, 0.6) is 0 Å². The maximum atomic E-state index is 6.71. The Morgan fingerprint density at radius 3 is 1.50 bits per heavy atom. The van der Waals surface area contributed by atoms with Crippen LogP contribution in [0.1, 0.15) is 132 Å². The Labute approximate surface area is 229 Å². The molecule has 0 amide bonds. The van der Waals surface area contributed by atoms with E-state index in [2.05, 4.69) is 80.7 Å². The molecule has 0 aromatic rings. The highest BCUT2D eigenvalue weighted by Gasteiger charge is 2.41. The van der Waals surface area contributed by atoms with Crippen LogP contribution in [-0.4, -0.2) is 36.0 Å². The number of allylic oxidation sites excluding steroid dienone is 1. The van der Waals surface area contributed by atoms with Crippen molar-refractivity contribution in [2.45, 2.75) is 174 Å². The van der Waals surface area contributed by atoms with E-state index in [9.17, 15) is 0 Å². The molecule has 1 atom stereocenters. The number of unbranched alkanes of at least 4 members (excludes halogenated alkanes) is 12. The van der Waals surface area contributed by atoms with Gasteiger partial charge in [-0.25, -0.2) is 0 Å². The van der Waals surface area contributed by atoms with Crippen molar-refractivity contribution in [1.82, 2.24) is 0 Å². The molecule has 0 radical (unpaired) electrons. The Hall–Kier alpha value is -0.106. The first-order valence-corrected chi connectivity index (χ1v) is 21.0. The third kappa shape index (κ3) is 16.7. The number of ether oxygens (including phenoxy) is 1. The molecular weight excluding hydrogens is 477 g/mol. The lowest BCUT2D eigenvalue weighted by Gasteiger charge is -2.41. The first-order valence-electron chi connectivity index (χ1n) is 15.2. The van der Waals surface area contributed by atoms with Crippen molar-refractivity contribution in [3.63, 3.8) is 0 Å². The lowest BCUT2D eigenvalue weighted by atomic mass is 10.0. The highest BCUT2D eigenvalue weighted by atomic mass is 28.4. The highest BCUT2D eigenvalue weighted by Crippen LogP contribution is 2.39. The molecule has 216 valence electrons. The summed E-state index contributed by atoms with van der Waals surface area (Å²) in [4.78, 5) is 0.